The van der Waals surface area contributed by atoms with Crippen molar-refractivity contribution in [3.8, 4) is 0 Å². The first-order chi connectivity index (χ1) is 10.3. The highest BCUT2D eigenvalue weighted by molar-refractivity contribution is 5.82. The maximum atomic E-state index is 11.9. The predicted molar refractivity (Wildman–Crippen MR) is 90.7 cm³/mol. The van der Waals surface area contributed by atoms with Crippen LogP contribution in [0.3, 0.4) is 0 Å². The Labute approximate surface area is 135 Å². The van der Waals surface area contributed by atoms with Gasteiger partial charge in [0, 0.05) is 25.2 Å². The minimum Gasteiger partial charge on any atom is -0.353 e. The lowest BCUT2D eigenvalue weighted by molar-refractivity contribution is -0.124. The van der Waals surface area contributed by atoms with Crippen LogP contribution in [-0.2, 0) is 9.59 Å². The smallest absolute Gasteiger partial charge is 0.237 e. The van der Waals surface area contributed by atoms with Crippen LogP contribution in [0, 0.1) is 0 Å². The van der Waals surface area contributed by atoms with Crippen LogP contribution in [0.15, 0.2) is 0 Å². The number of hydrogen-bond acceptors (Lipinski definition) is 4. The standard InChI is InChI=1S/C16H34N4O2/c1-7-13(15(21)19-11(3)4)17-9-10-18-14(8-2)16(22)20-12(5)6/h11-14,17-18H,7-10H2,1-6H3,(H,19,21)(H,20,22). The molecule has 130 valence electrons. The van der Waals surface area contributed by atoms with E-state index in [-0.39, 0.29) is 36.0 Å². The van der Waals surface area contributed by atoms with Gasteiger partial charge >= 0.3 is 0 Å². The fourth-order valence-corrected chi connectivity index (χ4v) is 2.11. The van der Waals surface area contributed by atoms with E-state index in [2.05, 4.69) is 21.3 Å². The first kappa shape index (κ1) is 20.9. The van der Waals surface area contributed by atoms with Crippen LogP contribution in [0.4, 0.5) is 0 Å². The van der Waals surface area contributed by atoms with Gasteiger partial charge in [0.15, 0.2) is 0 Å². The van der Waals surface area contributed by atoms with Crippen molar-refractivity contribution < 1.29 is 9.59 Å². The molecule has 0 spiro atoms. The molecule has 0 rings (SSSR count). The highest BCUT2D eigenvalue weighted by atomic mass is 16.2. The zero-order valence-electron chi connectivity index (χ0n) is 15.0. The van der Waals surface area contributed by atoms with E-state index >= 15 is 0 Å². The van der Waals surface area contributed by atoms with E-state index in [4.69, 9.17) is 0 Å². The molecule has 2 amide bonds. The van der Waals surface area contributed by atoms with Gasteiger partial charge in [-0.3, -0.25) is 9.59 Å². The highest BCUT2D eigenvalue weighted by Crippen LogP contribution is 1.94. The van der Waals surface area contributed by atoms with Crippen molar-refractivity contribution in [2.45, 2.75) is 78.6 Å². The Bertz CT molecular complexity index is 300. The van der Waals surface area contributed by atoms with Gasteiger partial charge in [0.25, 0.3) is 0 Å². The maximum Gasteiger partial charge on any atom is 0.237 e. The third-order valence-electron chi connectivity index (χ3n) is 3.22. The van der Waals surface area contributed by atoms with Crippen LogP contribution >= 0.6 is 0 Å². The molecule has 0 heterocycles. The van der Waals surface area contributed by atoms with Gasteiger partial charge in [-0.15, -0.1) is 0 Å². The molecule has 6 heteroatoms. The second kappa shape index (κ2) is 11.4. The zero-order valence-corrected chi connectivity index (χ0v) is 15.0. The Morgan fingerprint density at radius 3 is 1.27 bits per heavy atom. The molecule has 0 bridgehead atoms. The summed E-state index contributed by atoms with van der Waals surface area (Å²) in [6.07, 6.45) is 1.48. The van der Waals surface area contributed by atoms with Crippen LogP contribution in [0.5, 0.6) is 0 Å². The molecule has 0 aliphatic rings. The molecule has 0 aliphatic heterocycles. The SMILES string of the molecule is CCC(NCCNC(CC)C(=O)NC(C)C)C(=O)NC(C)C. The summed E-state index contributed by atoms with van der Waals surface area (Å²) < 4.78 is 0. The quantitative estimate of drug-likeness (QED) is 0.425. The molecule has 0 aromatic carbocycles. The largest absolute Gasteiger partial charge is 0.353 e. The lowest BCUT2D eigenvalue weighted by Crippen LogP contribution is -2.50. The Kier molecular flexibility index (Phi) is 10.8. The summed E-state index contributed by atoms with van der Waals surface area (Å²) in [5.41, 5.74) is 0. The summed E-state index contributed by atoms with van der Waals surface area (Å²) in [6, 6.07) is -0.0844. The first-order valence-corrected chi connectivity index (χ1v) is 8.39. The number of amides is 2. The summed E-state index contributed by atoms with van der Waals surface area (Å²) in [5, 5.41) is 12.3. The van der Waals surface area contributed by atoms with Crippen molar-refractivity contribution in [3.05, 3.63) is 0 Å². The Morgan fingerprint density at radius 1 is 0.727 bits per heavy atom. The van der Waals surface area contributed by atoms with Crippen LogP contribution in [0.25, 0.3) is 0 Å². The Hall–Kier alpha value is -1.14. The molecule has 6 nitrogen and oxygen atoms in total. The maximum absolute atomic E-state index is 11.9. The van der Waals surface area contributed by atoms with E-state index in [1.807, 2.05) is 41.5 Å². The molecule has 2 atom stereocenters. The van der Waals surface area contributed by atoms with Crippen molar-refractivity contribution in [1.82, 2.24) is 21.3 Å². The summed E-state index contributed by atoms with van der Waals surface area (Å²) in [6.45, 7) is 13.1. The highest BCUT2D eigenvalue weighted by Gasteiger charge is 2.18. The van der Waals surface area contributed by atoms with Gasteiger partial charge in [-0.1, -0.05) is 13.8 Å². The molecular formula is C16H34N4O2. The van der Waals surface area contributed by atoms with Gasteiger partial charge < -0.3 is 21.3 Å². The third-order valence-corrected chi connectivity index (χ3v) is 3.22. The molecule has 0 aromatic heterocycles. The summed E-state index contributed by atoms with van der Waals surface area (Å²) in [4.78, 5) is 23.9. The lowest BCUT2D eigenvalue weighted by atomic mass is 10.2. The zero-order chi connectivity index (χ0) is 17.1. The molecule has 0 saturated carbocycles. The Morgan fingerprint density at radius 2 is 1.05 bits per heavy atom. The molecule has 0 radical (unpaired) electrons. The topological polar surface area (TPSA) is 82.3 Å². The first-order valence-electron chi connectivity index (χ1n) is 8.39. The van der Waals surface area contributed by atoms with Crippen molar-refractivity contribution >= 4 is 11.8 Å². The molecule has 0 saturated heterocycles. The number of rotatable bonds is 11. The molecule has 22 heavy (non-hydrogen) atoms. The normalized spacial score (nSPS) is 14.0. The molecule has 0 fully saturated rings. The van der Waals surface area contributed by atoms with Crippen molar-refractivity contribution in [1.29, 1.82) is 0 Å². The van der Waals surface area contributed by atoms with Crippen molar-refractivity contribution in [2.24, 2.45) is 0 Å². The average Bonchev–Trinajstić information content (AvgIpc) is 2.41. The van der Waals surface area contributed by atoms with Crippen LogP contribution in [0.2, 0.25) is 0 Å². The van der Waals surface area contributed by atoms with Gasteiger partial charge in [-0.2, -0.15) is 0 Å². The summed E-state index contributed by atoms with van der Waals surface area (Å²) in [7, 11) is 0. The van der Waals surface area contributed by atoms with Crippen LogP contribution in [-0.4, -0.2) is 49.1 Å². The molecule has 0 aliphatic carbocycles. The van der Waals surface area contributed by atoms with E-state index in [0.29, 0.717) is 13.1 Å². The fraction of sp³-hybridized carbons (Fsp3) is 0.875. The summed E-state index contributed by atoms with van der Waals surface area (Å²) >= 11 is 0. The fourth-order valence-electron chi connectivity index (χ4n) is 2.11. The van der Waals surface area contributed by atoms with E-state index < -0.39 is 0 Å². The number of carbonyl (C=O) groups is 2. The van der Waals surface area contributed by atoms with Gasteiger partial charge in [0.2, 0.25) is 11.8 Å². The van der Waals surface area contributed by atoms with Crippen LogP contribution in [0.1, 0.15) is 54.4 Å². The van der Waals surface area contributed by atoms with Crippen molar-refractivity contribution in [3.63, 3.8) is 0 Å². The summed E-state index contributed by atoms with van der Waals surface area (Å²) in [5.74, 6) is 0.0594. The molecular weight excluding hydrogens is 280 g/mol. The lowest BCUT2D eigenvalue weighted by Gasteiger charge is -2.21. The van der Waals surface area contributed by atoms with Gasteiger partial charge in [0.1, 0.15) is 0 Å². The minimum absolute atomic E-state index is 0.0297. The minimum atomic E-state index is -0.186. The second-order valence-corrected chi connectivity index (χ2v) is 6.16. The predicted octanol–water partition coefficient (Wildman–Crippen LogP) is 0.772. The second-order valence-electron chi connectivity index (χ2n) is 6.16. The monoisotopic (exact) mass is 314 g/mol. The van der Waals surface area contributed by atoms with E-state index in [1.165, 1.54) is 0 Å². The molecule has 4 N–H and O–H groups in total. The van der Waals surface area contributed by atoms with E-state index in [9.17, 15) is 9.59 Å². The number of carbonyl (C=O) groups excluding carboxylic acids is 2. The number of nitrogens with one attached hydrogen (secondary N) is 4. The van der Waals surface area contributed by atoms with Gasteiger partial charge in [0.05, 0.1) is 12.1 Å². The Balaban J connectivity index is 4.11. The van der Waals surface area contributed by atoms with Crippen molar-refractivity contribution in [2.75, 3.05) is 13.1 Å². The number of hydrogen-bond donors (Lipinski definition) is 4. The molecule has 2 unspecified atom stereocenters. The molecule has 0 aromatic rings. The van der Waals surface area contributed by atoms with Crippen LogP contribution < -0.4 is 21.3 Å². The van der Waals surface area contributed by atoms with Gasteiger partial charge in [-0.25, -0.2) is 0 Å². The van der Waals surface area contributed by atoms with E-state index in [1.54, 1.807) is 0 Å². The third kappa shape index (κ3) is 9.00. The van der Waals surface area contributed by atoms with E-state index in [0.717, 1.165) is 12.8 Å². The average molecular weight is 314 g/mol. The van der Waals surface area contributed by atoms with Gasteiger partial charge in [-0.05, 0) is 40.5 Å².